The molecule has 2 atom stereocenters. The number of rotatable bonds is 10. The largest absolute Gasteiger partial charge is 0.257 e. The van der Waals surface area contributed by atoms with E-state index in [1.165, 1.54) is 11.1 Å². The molecule has 2 unspecified atom stereocenters. The van der Waals surface area contributed by atoms with Crippen LogP contribution in [0.4, 0.5) is 11.4 Å². The first kappa shape index (κ1) is 36.6. The number of nitrogens with zero attached hydrogens (tertiary/aromatic N) is 6. The highest BCUT2D eigenvalue weighted by molar-refractivity contribution is 6.04. The van der Waals surface area contributed by atoms with E-state index in [9.17, 15) is 0 Å². The van der Waals surface area contributed by atoms with E-state index in [0.717, 1.165) is 80.3 Å². The third-order valence-corrected chi connectivity index (χ3v) is 11.2. The van der Waals surface area contributed by atoms with E-state index in [0.29, 0.717) is 0 Å². The molecule has 1 aromatic heterocycles. The van der Waals surface area contributed by atoms with Crippen molar-refractivity contribution in [3.05, 3.63) is 239 Å². The normalized spacial score (nSPS) is 16.5. The molecule has 0 fully saturated rings. The summed E-state index contributed by atoms with van der Waals surface area (Å²) in [7, 11) is 0. The quantitative estimate of drug-likeness (QED) is 0.139. The predicted molar refractivity (Wildman–Crippen MR) is 249 cm³/mol. The second kappa shape index (κ2) is 16.6. The maximum atomic E-state index is 5.15. The molecule has 7 aromatic carbocycles. The van der Waals surface area contributed by atoms with Crippen LogP contribution in [-0.2, 0) is 0 Å². The molecule has 10 rings (SSSR count). The maximum absolute atomic E-state index is 5.15. The van der Waals surface area contributed by atoms with Crippen LogP contribution in [0.1, 0.15) is 69.7 Å². The average Bonchev–Trinajstić information content (AvgIpc) is 3.98. The number of para-hydroxylation sites is 2. The van der Waals surface area contributed by atoms with Gasteiger partial charge in [-0.1, -0.05) is 170 Å². The van der Waals surface area contributed by atoms with Gasteiger partial charge in [0.2, 0.25) is 0 Å². The van der Waals surface area contributed by atoms with Crippen LogP contribution in [0.2, 0.25) is 0 Å². The molecular weight excluding hydrogens is 733 g/mol. The molecule has 2 aliphatic heterocycles. The molecule has 0 aliphatic carbocycles. The summed E-state index contributed by atoms with van der Waals surface area (Å²) in [5.41, 5.74) is 14.6. The lowest BCUT2D eigenvalue weighted by Crippen LogP contribution is -2.18. The van der Waals surface area contributed by atoms with Crippen LogP contribution in [0.5, 0.6) is 0 Å². The fourth-order valence-corrected chi connectivity index (χ4v) is 8.08. The van der Waals surface area contributed by atoms with Crippen molar-refractivity contribution in [2.75, 3.05) is 10.0 Å². The van der Waals surface area contributed by atoms with Gasteiger partial charge in [-0.05, 0) is 81.9 Å². The fraction of sp³-hybridized carbons (Fsp3) is 0.0741. The van der Waals surface area contributed by atoms with Crippen LogP contribution in [0.25, 0.3) is 35.3 Å². The van der Waals surface area contributed by atoms with Crippen LogP contribution < -0.4 is 10.0 Å². The minimum atomic E-state index is 0.119. The van der Waals surface area contributed by atoms with Crippen molar-refractivity contribution < 1.29 is 0 Å². The Balaban J connectivity index is 0.905. The van der Waals surface area contributed by atoms with Crippen molar-refractivity contribution >= 4 is 58.1 Å². The number of hydrogen-bond acceptors (Lipinski definition) is 6. The van der Waals surface area contributed by atoms with Crippen LogP contribution in [-0.4, -0.2) is 21.4 Å². The van der Waals surface area contributed by atoms with E-state index in [2.05, 4.69) is 192 Å². The van der Waals surface area contributed by atoms with Gasteiger partial charge < -0.3 is 0 Å². The second-order valence-electron chi connectivity index (χ2n) is 15.1. The van der Waals surface area contributed by atoms with Gasteiger partial charge in [-0.15, -0.1) is 0 Å². The van der Waals surface area contributed by atoms with Crippen molar-refractivity contribution in [3.8, 4) is 0 Å². The minimum Gasteiger partial charge on any atom is -0.257 e. The van der Waals surface area contributed by atoms with E-state index in [-0.39, 0.29) is 12.1 Å². The van der Waals surface area contributed by atoms with Crippen molar-refractivity contribution in [1.29, 1.82) is 0 Å². The summed E-state index contributed by atoms with van der Waals surface area (Å²) in [6.07, 6.45) is 10.0. The SMILES string of the molecule is C(=C\c1nc2ccccc2nc1/C=C/c1ccc(N2N=C(c3ccccc3)CC2c2ccccc2)cc1)/c1ccc(N2N=C(c3ccccc3)CC2c2ccccc2)cc1. The molecule has 0 bridgehead atoms. The highest BCUT2D eigenvalue weighted by atomic mass is 15.5. The molecule has 2 aliphatic rings. The van der Waals surface area contributed by atoms with E-state index >= 15 is 0 Å². The fourth-order valence-electron chi connectivity index (χ4n) is 8.08. The monoisotopic (exact) mass is 774 g/mol. The van der Waals surface area contributed by atoms with Crippen molar-refractivity contribution in [2.45, 2.75) is 24.9 Å². The summed E-state index contributed by atoms with van der Waals surface area (Å²) < 4.78 is 0. The first-order valence-electron chi connectivity index (χ1n) is 20.5. The Labute approximate surface area is 350 Å². The van der Waals surface area contributed by atoms with E-state index in [1.807, 2.05) is 36.4 Å². The molecular formula is C54H42N6. The van der Waals surface area contributed by atoms with E-state index < -0.39 is 0 Å². The Hall–Kier alpha value is -7.70. The molecule has 0 radical (unpaired) electrons. The first-order valence-corrected chi connectivity index (χ1v) is 20.5. The third-order valence-electron chi connectivity index (χ3n) is 11.2. The molecule has 60 heavy (non-hydrogen) atoms. The molecule has 288 valence electrons. The van der Waals surface area contributed by atoms with Crippen molar-refractivity contribution in [1.82, 2.24) is 9.97 Å². The van der Waals surface area contributed by atoms with Gasteiger partial charge in [0, 0.05) is 12.8 Å². The second-order valence-corrected chi connectivity index (χ2v) is 15.1. The van der Waals surface area contributed by atoms with Crippen LogP contribution in [0.15, 0.2) is 204 Å². The summed E-state index contributed by atoms with van der Waals surface area (Å²) in [6, 6.07) is 67.7. The number of aromatic nitrogens is 2. The molecule has 0 spiro atoms. The Bertz CT molecular complexity index is 2650. The number of anilines is 2. The minimum absolute atomic E-state index is 0.119. The standard InChI is InChI=1S/C54H42N6/c1-5-15-41(16-6-1)51-37-53(43-19-9-3-10-20-43)59(57-51)45-31-25-39(26-32-45)29-35-49-50(56-48-24-14-13-23-47(48)55-49)36-30-40-27-33-46(34-28-40)60-54(44-21-11-4-12-22-44)38-52(58-60)42-17-7-2-8-18-42/h1-36,53-54H,37-38H2/b35-29+,36-30+. The molecule has 3 heterocycles. The molecule has 0 amide bonds. The molecule has 6 heteroatoms. The van der Waals surface area contributed by atoms with E-state index in [4.69, 9.17) is 20.2 Å². The van der Waals surface area contributed by atoms with Crippen LogP contribution in [0.3, 0.4) is 0 Å². The van der Waals surface area contributed by atoms with Crippen LogP contribution >= 0.6 is 0 Å². The molecule has 6 nitrogen and oxygen atoms in total. The lowest BCUT2D eigenvalue weighted by Gasteiger charge is -2.24. The molecule has 0 saturated carbocycles. The lowest BCUT2D eigenvalue weighted by molar-refractivity contribution is 0.709. The van der Waals surface area contributed by atoms with Gasteiger partial charge in [0.1, 0.15) is 0 Å². The van der Waals surface area contributed by atoms with Crippen molar-refractivity contribution in [3.63, 3.8) is 0 Å². The van der Waals surface area contributed by atoms with Gasteiger partial charge in [0.25, 0.3) is 0 Å². The highest BCUT2D eigenvalue weighted by Crippen LogP contribution is 2.38. The maximum Gasteiger partial charge on any atom is 0.0894 e. The highest BCUT2D eigenvalue weighted by Gasteiger charge is 2.31. The summed E-state index contributed by atoms with van der Waals surface area (Å²) >= 11 is 0. The first-order chi connectivity index (χ1) is 29.7. The van der Waals surface area contributed by atoms with Gasteiger partial charge in [0.15, 0.2) is 0 Å². The summed E-state index contributed by atoms with van der Waals surface area (Å²) in [5, 5.41) is 14.6. The Morgan fingerprint density at radius 3 is 1.10 bits per heavy atom. The van der Waals surface area contributed by atoms with Crippen LogP contribution in [0, 0.1) is 0 Å². The lowest BCUT2D eigenvalue weighted by atomic mass is 9.98. The third kappa shape index (κ3) is 7.79. The average molecular weight is 775 g/mol. The molecule has 0 saturated heterocycles. The van der Waals surface area contributed by atoms with Gasteiger partial charge in [0.05, 0.1) is 57.3 Å². The Kier molecular flexibility index (Phi) is 10.2. The molecule has 8 aromatic rings. The van der Waals surface area contributed by atoms with Gasteiger partial charge in [-0.3, -0.25) is 10.0 Å². The number of hydrogen-bond donors (Lipinski definition) is 0. The predicted octanol–water partition coefficient (Wildman–Crippen LogP) is 12.7. The topological polar surface area (TPSA) is 57.0 Å². The van der Waals surface area contributed by atoms with Crippen molar-refractivity contribution in [2.24, 2.45) is 10.2 Å². The number of benzene rings is 7. The Morgan fingerprint density at radius 1 is 0.367 bits per heavy atom. The molecule has 0 N–H and O–H groups in total. The summed E-state index contributed by atoms with van der Waals surface area (Å²) in [6.45, 7) is 0. The summed E-state index contributed by atoms with van der Waals surface area (Å²) in [4.78, 5) is 10.1. The zero-order valence-corrected chi connectivity index (χ0v) is 33.0. The van der Waals surface area contributed by atoms with E-state index in [1.54, 1.807) is 0 Å². The smallest absolute Gasteiger partial charge is 0.0894 e. The number of fused-ring (bicyclic) bond motifs is 1. The zero-order valence-electron chi connectivity index (χ0n) is 33.0. The Morgan fingerprint density at radius 2 is 0.717 bits per heavy atom. The number of hydrazone groups is 2. The van der Waals surface area contributed by atoms with Gasteiger partial charge in [-0.25, -0.2) is 9.97 Å². The van der Waals surface area contributed by atoms with Gasteiger partial charge in [-0.2, -0.15) is 10.2 Å². The van der Waals surface area contributed by atoms with Gasteiger partial charge >= 0.3 is 0 Å². The zero-order chi connectivity index (χ0) is 40.1. The summed E-state index contributed by atoms with van der Waals surface area (Å²) in [5.74, 6) is 0.